The molecule has 0 saturated carbocycles. The highest BCUT2D eigenvalue weighted by Crippen LogP contribution is 2.27. The standard InChI is InChI=1S/C21H24Cl2N2O2/c1-4-19(21(27)24-3)25(13-16-17(22)6-5-7-18(16)23)20(26)12-15-10-8-14(2)9-11-15/h5-11,19H,4,12-13H2,1-3H3,(H,24,27)/t19-/m0/s1. The van der Waals surface area contributed by atoms with Crippen LogP contribution in [0.4, 0.5) is 0 Å². The van der Waals surface area contributed by atoms with Gasteiger partial charge in [-0.25, -0.2) is 0 Å². The first-order valence-electron chi connectivity index (χ1n) is 8.86. The minimum absolute atomic E-state index is 0.148. The van der Waals surface area contributed by atoms with Gasteiger partial charge in [0.05, 0.1) is 6.42 Å². The van der Waals surface area contributed by atoms with Gasteiger partial charge in [-0.3, -0.25) is 9.59 Å². The highest BCUT2D eigenvalue weighted by molar-refractivity contribution is 6.36. The summed E-state index contributed by atoms with van der Waals surface area (Å²) in [5.74, 6) is -0.358. The van der Waals surface area contributed by atoms with Gasteiger partial charge < -0.3 is 10.2 Å². The minimum Gasteiger partial charge on any atom is -0.357 e. The Morgan fingerprint density at radius 3 is 2.19 bits per heavy atom. The molecule has 0 heterocycles. The third-order valence-corrected chi connectivity index (χ3v) is 5.21. The summed E-state index contributed by atoms with van der Waals surface area (Å²) < 4.78 is 0. The summed E-state index contributed by atoms with van der Waals surface area (Å²) in [6, 6.07) is 12.4. The van der Waals surface area contributed by atoms with E-state index in [-0.39, 0.29) is 24.8 Å². The Morgan fingerprint density at radius 1 is 1.07 bits per heavy atom. The highest BCUT2D eigenvalue weighted by atomic mass is 35.5. The van der Waals surface area contributed by atoms with Crippen LogP contribution in [0.5, 0.6) is 0 Å². The lowest BCUT2D eigenvalue weighted by molar-refractivity contribution is -0.140. The molecule has 0 aliphatic carbocycles. The van der Waals surface area contributed by atoms with E-state index in [4.69, 9.17) is 23.2 Å². The molecular weight excluding hydrogens is 383 g/mol. The van der Waals surface area contributed by atoms with E-state index in [9.17, 15) is 9.59 Å². The number of aryl methyl sites for hydroxylation is 1. The van der Waals surface area contributed by atoms with Crippen molar-refractivity contribution in [3.05, 3.63) is 69.2 Å². The number of hydrogen-bond donors (Lipinski definition) is 1. The van der Waals surface area contributed by atoms with Crippen LogP contribution in [0.2, 0.25) is 10.0 Å². The van der Waals surface area contributed by atoms with Gasteiger partial charge in [0.2, 0.25) is 11.8 Å². The molecule has 27 heavy (non-hydrogen) atoms. The maximum atomic E-state index is 13.1. The summed E-state index contributed by atoms with van der Waals surface area (Å²) in [7, 11) is 1.57. The molecule has 2 aromatic rings. The Hall–Kier alpha value is -2.04. The van der Waals surface area contributed by atoms with Crippen LogP contribution in [0.25, 0.3) is 0 Å². The first-order valence-corrected chi connectivity index (χ1v) is 9.62. The first kappa shape index (κ1) is 21.3. The maximum Gasteiger partial charge on any atom is 0.242 e. The van der Waals surface area contributed by atoms with Crippen LogP contribution in [0, 0.1) is 6.92 Å². The fourth-order valence-electron chi connectivity index (χ4n) is 2.92. The van der Waals surface area contributed by atoms with Crippen LogP contribution >= 0.6 is 23.2 Å². The zero-order valence-electron chi connectivity index (χ0n) is 15.8. The Kier molecular flexibility index (Phi) is 7.69. The van der Waals surface area contributed by atoms with E-state index in [2.05, 4.69) is 5.32 Å². The van der Waals surface area contributed by atoms with Crippen LogP contribution in [-0.4, -0.2) is 29.8 Å². The molecule has 0 radical (unpaired) electrons. The first-order chi connectivity index (χ1) is 12.9. The Labute approximate surface area is 170 Å². The third kappa shape index (κ3) is 5.47. The zero-order valence-corrected chi connectivity index (χ0v) is 17.3. The number of amides is 2. The predicted molar refractivity (Wildman–Crippen MR) is 110 cm³/mol. The van der Waals surface area contributed by atoms with E-state index >= 15 is 0 Å². The van der Waals surface area contributed by atoms with Gasteiger partial charge in [-0.15, -0.1) is 0 Å². The smallest absolute Gasteiger partial charge is 0.242 e. The van der Waals surface area contributed by atoms with Crippen molar-refractivity contribution in [2.45, 2.75) is 39.3 Å². The van der Waals surface area contributed by atoms with E-state index in [0.29, 0.717) is 22.0 Å². The van der Waals surface area contributed by atoms with Crippen molar-refractivity contribution >= 4 is 35.0 Å². The third-order valence-electron chi connectivity index (χ3n) is 4.50. The summed E-state index contributed by atoms with van der Waals surface area (Å²) in [6.07, 6.45) is 0.692. The number of nitrogens with one attached hydrogen (secondary N) is 1. The summed E-state index contributed by atoms with van der Waals surface area (Å²) in [4.78, 5) is 27.0. The van der Waals surface area contributed by atoms with Crippen molar-refractivity contribution in [3.63, 3.8) is 0 Å². The molecule has 2 rings (SSSR count). The molecule has 0 aliphatic heterocycles. The molecule has 0 saturated heterocycles. The van der Waals surface area contributed by atoms with Crippen LogP contribution in [-0.2, 0) is 22.6 Å². The van der Waals surface area contributed by atoms with Gasteiger partial charge >= 0.3 is 0 Å². The molecule has 1 N–H and O–H groups in total. The van der Waals surface area contributed by atoms with Gasteiger partial charge in [0.25, 0.3) is 0 Å². The number of halogens is 2. The number of hydrogen-bond acceptors (Lipinski definition) is 2. The van der Waals surface area contributed by atoms with Crippen LogP contribution in [0.15, 0.2) is 42.5 Å². The van der Waals surface area contributed by atoms with Gasteiger partial charge in [-0.1, -0.05) is 66.0 Å². The number of nitrogens with zero attached hydrogens (tertiary/aromatic N) is 1. The van der Waals surface area contributed by atoms with Gasteiger partial charge in [-0.2, -0.15) is 0 Å². The predicted octanol–water partition coefficient (Wildman–Crippen LogP) is 4.40. The second kappa shape index (κ2) is 9.77. The van der Waals surface area contributed by atoms with Gasteiger partial charge in [-0.05, 0) is 31.0 Å². The monoisotopic (exact) mass is 406 g/mol. The summed E-state index contributed by atoms with van der Waals surface area (Å²) in [6.45, 7) is 4.05. The molecule has 1 atom stereocenters. The average Bonchev–Trinajstić information content (AvgIpc) is 2.65. The number of carbonyl (C=O) groups is 2. The molecule has 0 bridgehead atoms. The fourth-order valence-corrected chi connectivity index (χ4v) is 3.44. The van der Waals surface area contributed by atoms with Crippen LogP contribution in [0.3, 0.4) is 0 Å². The largest absolute Gasteiger partial charge is 0.357 e. The molecule has 0 aliphatic rings. The summed E-state index contributed by atoms with van der Waals surface area (Å²) in [5.41, 5.74) is 2.66. The topological polar surface area (TPSA) is 49.4 Å². The van der Waals surface area contributed by atoms with Crippen molar-refractivity contribution in [1.82, 2.24) is 10.2 Å². The normalized spacial score (nSPS) is 11.7. The molecular formula is C21H24Cl2N2O2. The van der Waals surface area contributed by atoms with E-state index in [1.807, 2.05) is 38.1 Å². The van der Waals surface area contributed by atoms with E-state index < -0.39 is 6.04 Å². The van der Waals surface area contributed by atoms with Crippen molar-refractivity contribution in [2.24, 2.45) is 0 Å². The second-order valence-corrected chi connectivity index (χ2v) is 7.24. The number of carbonyl (C=O) groups excluding carboxylic acids is 2. The average molecular weight is 407 g/mol. The van der Waals surface area contributed by atoms with Crippen molar-refractivity contribution in [2.75, 3.05) is 7.05 Å². The van der Waals surface area contributed by atoms with E-state index in [1.165, 1.54) is 0 Å². The molecule has 144 valence electrons. The molecule has 2 aromatic carbocycles. The Bertz CT molecular complexity index is 786. The van der Waals surface area contributed by atoms with Gasteiger partial charge in [0.1, 0.15) is 6.04 Å². The Balaban J connectivity index is 2.34. The molecule has 0 unspecified atom stereocenters. The molecule has 4 nitrogen and oxygen atoms in total. The van der Waals surface area contributed by atoms with Crippen molar-refractivity contribution in [1.29, 1.82) is 0 Å². The number of benzene rings is 2. The SMILES string of the molecule is CC[C@@H](C(=O)NC)N(Cc1c(Cl)cccc1Cl)C(=O)Cc1ccc(C)cc1. The van der Waals surface area contributed by atoms with Gasteiger partial charge in [0, 0.05) is 29.2 Å². The second-order valence-electron chi connectivity index (χ2n) is 6.42. The fraction of sp³-hybridized carbons (Fsp3) is 0.333. The number of rotatable bonds is 7. The lowest BCUT2D eigenvalue weighted by Crippen LogP contribution is -2.48. The summed E-state index contributed by atoms with van der Waals surface area (Å²) in [5, 5.41) is 3.59. The lowest BCUT2D eigenvalue weighted by Gasteiger charge is -2.31. The quantitative estimate of drug-likeness (QED) is 0.740. The molecule has 0 aromatic heterocycles. The van der Waals surface area contributed by atoms with E-state index in [0.717, 1.165) is 11.1 Å². The Morgan fingerprint density at radius 2 is 1.67 bits per heavy atom. The number of likely N-dealkylation sites (N-methyl/N-ethyl adjacent to an activating group) is 1. The van der Waals surface area contributed by atoms with Crippen molar-refractivity contribution in [3.8, 4) is 0 Å². The lowest BCUT2D eigenvalue weighted by atomic mass is 10.1. The zero-order chi connectivity index (χ0) is 20.0. The molecule has 2 amide bonds. The minimum atomic E-state index is -0.597. The molecule has 0 spiro atoms. The van der Waals surface area contributed by atoms with Crippen molar-refractivity contribution < 1.29 is 9.59 Å². The highest BCUT2D eigenvalue weighted by Gasteiger charge is 2.29. The maximum absolute atomic E-state index is 13.1. The van der Waals surface area contributed by atoms with Crippen LogP contribution in [0.1, 0.15) is 30.0 Å². The van der Waals surface area contributed by atoms with Gasteiger partial charge in [0.15, 0.2) is 0 Å². The summed E-state index contributed by atoms with van der Waals surface area (Å²) >= 11 is 12.6. The molecule has 6 heteroatoms. The van der Waals surface area contributed by atoms with Crippen LogP contribution < -0.4 is 5.32 Å². The molecule has 0 fully saturated rings. The van der Waals surface area contributed by atoms with E-state index in [1.54, 1.807) is 30.1 Å².